The van der Waals surface area contributed by atoms with Gasteiger partial charge in [-0.25, -0.2) is 0 Å². The highest BCUT2D eigenvalue weighted by molar-refractivity contribution is 5.99. The van der Waals surface area contributed by atoms with Crippen molar-refractivity contribution < 1.29 is 14.3 Å². The number of ether oxygens (including phenoxy) is 2. The average Bonchev–Trinajstić information content (AvgIpc) is 2.28. The molecule has 1 heterocycles. The van der Waals surface area contributed by atoms with E-state index >= 15 is 0 Å². The second-order valence-corrected chi connectivity index (χ2v) is 5.03. The summed E-state index contributed by atoms with van der Waals surface area (Å²) in [6, 6.07) is 7.41. The maximum Gasteiger partial charge on any atom is 0.170 e. The molecule has 0 aromatic heterocycles. The van der Waals surface area contributed by atoms with Crippen LogP contribution in [0.3, 0.4) is 0 Å². The summed E-state index contributed by atoms with van der Waals surface area (Å²) in [6.45, 7) is 4.00. The molecule has 0 saturated carbocycles. The highest BCUT2D eigenvalue weighted by Gasteiger charge is 2.31. The van der Waals surface area contributed by atoms with Crippen LogP contribution in [0.4, 0.5) is 0 Å². The lowest BCUT2D eigenvalue weighted by Crippen LogP contribution is -2.35. The van der Waals surface area contributed by atoms with E-state index in [1.165, 1.54) is 0 Å². The summed E-state index contributed by atoms with van der Waals surface area (Å²) in [5, 5.41) is 0. The van der Waals surface area contributed by atoms with E-state index in [0.29, 0.717) is 24.2 Å². The molecule has 0 N–H and O–H groups in total. The smallest absolute Gasteiger partial charge is 0.170 e. The summed E-state index contributed by atoms with van der Waals surface area (Å²) >= 11 is 0. The van der Waals surface area contributed by atoms with Crippen molar-refractivity contribution in [3.05, 3.63) is 29.8 Å². The number of methoxy groups -OCH3 is 1. The molecule has 17 heavy (non-hydrogen) atoms. The van der Waals surface area contributed by atoms with E-state index in [-0.39, 0.29) is 17.5 Å². The van der Waals surface area contributed by atoms with Gasteiger partial charge < -0.3 is 9.47 Å². The molecule has 3 heteroatoms. The summed E-state index contributed by atoms with van der Waals surface area (Å²) in [5.74, 6) is 0.851. The van der Waals surface area contributed by atoms with Crippen LogP contribution in [0.5, 0.6) is 5.75 Å². The molecular formula is C14H18O3. The van der Waals surface area contributed by atoms with Crippen LogP contribution in [0.2, 0.25) is 0 Å². The molecule has 2 rings (SSSR count). The number of hydrogen-bond donors (Lipinski definition) is 0. The molecule has 3 nitrogen and oxygen atoms in total. The van der Waals surface area contributed by atoms with Gasteiger partial charge in [0.1, 0.15) is 11.9 Å². The quantitative estimate of drug-likeness (QED) is 0.806. The Labute approximate surface area is 102 Å². The Morgan fingerprint density at radius 3 is 2.82 bits per heavy atom. The second-order valence-electron chi connectivity index (χ2n) is 5.03. The number of rotatable bonds is 3. The molecule has 0 spiro atoms. The van der Waals surface area contributed by atoms with E-state index < -0.39 is 0 Å². The number of hydrogen-bond acceptors (Lipinski definition) is 3. The maximum absolute atomic E-state index is 11.9. The minimum Gasteiger partial charge on any atom is -0.489 e. The van der Waals surface area contributed by atoms with Gasteiger partial charge in [-0.3, -0.25) is 4.79 Å². The topological polar surface area (TPSA) is 35.5 Å². The Morgan fingerprint density at radius 1 is 1.41 bits per heavy atom. The van der Waals surface area contributed by atoms with Crippen molar-refractivity contribution in [2.24, 2.45) is 0 Å². The highest BCUT2D eigenvalue weighted by atomic mass is 16.5. The van der Waals surface area contributed by atoms with E-state index in [1.54, 1.807) is 7.11 Å². The summed E-state index contributed by atoms with van der Waals surface area (Å²) in [4.78, 5) is 11.9. The summed E-state index contributed by atoms with van der Waals surface area (Å²) < 4.78 is 11.2. The zero-order valence-electron chi connectivity index (χ0n) is 10.5. The molecule has 1 aromatic rings. The van der Waals surface area contributed by atoms with E-state index in [0.717, 1.165) is 0 Å². The van der Waals surface area contributed by atoms with Crippen LogP contribution in [0, 0.1) is 0 Å². The van der Waals surface area contributed by atoms with Crippen LogP contribution in [0.25, 0.3) is 0 Å². The second kappa shape index (κ2) is 4.49. The molecule has 0 bridgehead atoms. The standard InChI is InChI=1S/C14H18O3/c1-14(2,16-3)9-10-8-12(15)11-6-4-5-7-13(11)17-10/h4-7,10H,8-9H2,1-3H3. The lowest BCUT2D eigenvalue weighted by atomic mass is 9.93. The van der Waals surface area contributed by atoms with Crippen LogP contribution < -0.4 is 4.74 Å². The average molecular weight is 234 g/mol. The fraction of sp³-hybridized carbons (Fsp3) is 0.500. The highest BCUT2D eigenvalue weighted by Crippen LogP contribution is 2.30. The predicted molar refractivity (Wildman–Crippen MR) is 65.5 cm³/mol. The summed E-state index contributed by atoms with van der Waals surface area (Å²) in [7, 11) is 1.68. The van der Waals surface area contributed by atoms with Crippen molar-refractivity contribution in [3.8, 4) is 5.75 Å². The SMILES string of the molecule is COC(C)(C)CC1CC(=O)c2ccccc2O1. The summed E-state index contributed by atoms with van der Waals surface area (Å²) in [5.41, 5.74) is 0.427. The van der Waals surface area contributed by atoms with Gasteiger partial charge in [0.2, 0.25) is 0 Å². The van der Waals surface area contributed by atoms with Crippen molar-refractivity contribution in [1.29, 1.82) is 0 Å². The minimum absolute atomic E-state index is 0.0904. The van der Waals surface area contributed by atoms with Gasteiger partial charge >= 0.3 is 0 Å². The Balaban J connectivity index is 2.15. The molecule has 1 aromatic carbocycles. The van der Waals surface area contributed by atoms with Gasteiger partial charge in [-0.05, 0) is 26.0 Å². The molecule has 0 radical (unpaired) electrons. The molecule has 0 amide bonds. The molecule has 0 fully saturated rings. The van der Waals surface area contributed by atoms with Gasteiger partial charge in [0, 0.05) is 20.0 Å². The largest absolute Gasteiger partial charge is 0.489 e. The number of carbonyl (C=O) groups excluding carboxylic acids is 1. The van der Waals surface area contributed by atoms with Crippen LogP contribution in [-0.2, 0) is 4.74 Å². The lowest BCUT2D eigenvalue weighted by molar-refractivity contribution is -0.0157. The Hall–Kier alpha value is -1.35. The Kier molecular flexibility index (Phi) is 3.20. The van der Waals surface area contributed by atoms with Gasteiger partial charge in [-0.1, -0.05) is 12.1 Å². The third kappa shape index (κ3) is 2.67. The molecular weight excluding hydrogens is 216 g/mol. The monoisotopic (exact) mass is 234 g/mol. The first-order chi connectivity index (χ1) is 8.02. The molecule has 0 aliphatic carbocycles. The molecule has 1 aliphatic heterocycles. The van der Waals surface area contributed by atoms with Gasteiger partial charge in [-0.15, -0.1) is 0 Å². The van der Waals surface area contributed by atoms with E-state index in [1.807, 2.05) is 38.1 Å². The predicted octanol–water partition coefficient (Wildman–Crippen LogP) is 2.84. The first-order valence-electron chi connectivity index (χ1n) is 5.86. The van der Waals surface area contributed by atoms with Crippen molar-refractivity contribution in [3.63, 3.8) is 0 Å². The Bertz CT molecular complexity index is 423. The number of para-hydroxylation sites is 1. The maximum atomic E-state index is 11.9. The third-order valence-electron chi connectivity index (χ3n) is 3.17. The van der Waals surface area contributed by atoms with Crippen LogP contribution in [0.15, 0.2) is 24.3 Å². The fourth-order valence-corrected chi connectivity index (χ4v) is 2.08. The normalized spacial score (nSPS) is 19.7. The molecule has 1 aliphatic rings. The van der Waals surface area contributed by atoms with Gasteiger partial charge in [-0.2, -0.15) is 0 Å². The first-order valence-corrected chi connectivity index (χ1v) is 5.86. The first kappa shape index (κ1) is 12.1. The number of ketones is 1. The summed E-state index contributed by atoms with van der Waals surface area (Å²) in [6.07, 6.45) is 1.06. The molecule has 92 valence electrons. The van der Waals surface area contributed by atoms with Crippen molar-refractivity contribution >= 4 is 5.78 Å². The fourth-order valence-electron chi connectivity index (χ4n) is 2.08. The Morgan fingerprint density at radius 2 is 2.12 bits per heavy atom. The zero-order valence-corrected chi connectivity index (χ0v) is 10.5. The number of carbonyl (C=O) groups is 1. The van der Waals surface area contributed by atoms with Crippen molar-refractivity contribution in [2.45, 2.75) is 38.4 Å². The van der Waals surface area contributed by atoms with E-state index in [9.17, 15) is 4.79 Å². The number of fused-ring (bicyclic) bond motifs is 1. The molecule has 0 saturated heterocycles. The number of Topliss-reactive ketones (excluding diaryl/α,β-unsaturated/α-hetero) is 1. The van der Waals surface area contributed by atoms with E-state index in [4.69, 9.17) is 9.47 Å². The van der Waals surface area contributed by atoms with Crippen molar-refractivity contribution in [2.75, 3.05) is 7.11 Å². The van der Waals surface area contributed by atoms with E-state index in [2.05, 4.69) is 0 Å². The molecule has 1 atom stereocenters. The van der Waals surface area contributed by atoms with Gasteiger partial charge in [0.05, 0.1) is 11.2 Å². The third-order valence-corrected chi connectivity index (χ3v) is 3.17. The zero-order chi connectivity index (χ0) is 12.5. The van der Waals surface area contributed by atoms with Crippen LogP contribution in [-0.4, -0.2) is 24.6 Å². The lowest BCUT2D eigenvalue weighted by Gasteiger charge is -2.31. The molecule has 1 unspecified atom stereocenters. The van der Waals surface area contributed by atoms with Crippen LogP contribution in [0.1, 0.15) is 37.0 Å². The van der Waals surface area contributed by atoms with Gasteiger partial charge in [0.15, 0.2) is 5.78 Å². The minimum atomic E-state index is -0.267. The van der Waals surface area contributed by atoms with Crippen molar-refractivity contribution in [1.82, 2.24) is 0 Å². The number of benzene rings is 1. The van der Waals surface area contributed by atoms with Crippen LogP contribution >= 0.6 is 0 Å². The van der Waals surface area contributed by atoms with Gasteiger partial charge in [0.25, 0.3) is 0 Å².